The van der Waals surface area contributed by atoms with E-state index in [0.717, 1.165) is 0 Å². The maximum atomic E-state index is 14.3. The van der Waals surface area contributed by atoms with E-state index in [0.29, 0.717) is 16.8 Å². The highest BCUT2D eigenvalue weighted by molar-refractivity contribution is 6.33. The summed E-state index contributed by atoms with van der Waals surface area (Å²) in [7, 11) is 2.90. The summed E-state index contributed by atoms with van der Waals surface area (Å²) in [5.41, 5.74) is 13.7. The number of phenolic OH excluding ortho intramolecular Hbond substituents is 1. The van der Waals surface area contributed by atoms with Crippen LogP contribution in [0.5, 0.6) is 5.75 Å². The van der Waals surface area contributed by atoms with Crippen LogP contribution < -0.4 is 17.2 Å². The van der Waals surface area contributed by atoms with Gasteiger partial charge in [0.2, 0.25) is 5.91 Å². The Hall–Kier alpha value is -4.57. The Balaban J connectivity index is 1.72. The third kappa shape index (κ3) is 3.63. The number of aromatic nitrogens is 1. The number of ketones is 4. The van der Waals surface area contributed by atoms with Crippen molar-refractivity contribution in [1.82, 2.24) is 9.88 Å². The molecule has 0 spiro atoms. The molecule has 2 aromatic rings. The number of pyridine rings is 1. The molecule has 1 aromatic carbocycles. The van der Waals surface area contributed by atoms with Gasteiger partial charge in [-0.3, -0.25) is 33.9 Å². The molecule has 3 aliphatic carbocycles. The number of fused-ring (bicyclic) bond motifs is 3. The van der Waals surface area contributed by atoms with Crippen molar-refractivity contribution in [1.29, 1.82) is 5.26 Å². The summed E-state index contributed by atoms with van der Waals surface area (Å²) in [5, 5.41) is 21.2. The molecular formula is C29H28N6O6. The van der Waals surface area contributed by atoms with Crippen molar-refractivity contribution in [3.05, 3.63) is 58.9 Å². The van der Waals surface area contributed by atoms with Gasteiger partial charge < -0.3 is 22.3 Å². The summed E-state index contributed by atoms with van der Waals surface area (Å²) in [6.45, 7) is 0. The van der Waals surface area contributed by atoms with E-state index in [1.807, 2.05) is 0 Å². The van der Waals surface area contributed by atoms with Crippen molar-refractivity contribution in [3.63, 3.8) is 0 Å². The van der Waals surface area contributed by atoms with Crippen LogP contribution in [0.15, 0.2) is 36.5 Å². The third-order valence-corrected chi connectivity index (χ3v) is 8.63. The molecule has 41 heavy (non-hydrogen) atoms. The minimum absolute atomic E-state index is 0.150. The van der Waals surface area contributed by atoms with Crippen molar-refractivity contribution in [3.8, 4) is 11.8 Å². The van der Waals surface area contributed by atoms with Gasteiger partial charge in [-0.2, -0.15) is 5.26 Å². The van der Waals surface area contributed by atoms with Crippen LogP contribution in [-0.2, 0) is 25.6 Å². The highest BCUT2D eigenvalue weighted by Gasteiger charge is 2.78. The molecule has 12 heteroatoms. The lowest BCUT2D eigenvalue weighted by Gasteiger charge is -2.60. The SMILES string of the molecule is CN(C)[C@@H]1C(=O)C(C(N)=O)C(=O)[C@@]2(C#N)C(=O)C3C(=O)c4c(O)ccc(C=Cc5ccccn5)c4C[C@@]3(N)C[C@@]12N. The van der Waals surface area contributed by atoms with Crippen molar-refractivity contribution < 1.29 is 29.1 Å². The van der Waals surface area contributed by atoms with Gasteiger partial charge in [0.05, 0.1) is 28.9 Å². The molecule has 1 aromatic heterocycles. The number of primary amides is 1. The fraction of sp³-hybridized carbons (Fsp3) is 0.345. The molecule has 2 saturated carbocycles. The van der Waals surface area contributed by atoms with Gasteiger partial charge in [-0.25, -0.2) is 0 Å². The van der Waals surface area contributed by atoms with Gasteiger partial charge in [0, 0.05) is 11.7 Å². The second kappa shape index (κ2) is 9.24. The fourth-order valence-electron chi connectivity index (χ4n) is 7.04. The Bertz CT molecular complexity index is 1610. The van der Waals surface area contributed by atoms with Gasteiger partial charge in [0.15, 0.2) is 34.5 Å². The van der Waals surface area contributed by atoms with E-state index in [9.17, 15) is 34.3 Å². The molecule has 210 valence electrons. The molecule has 0 aliphatic heterocycles. The summed E-state index contributed by atoms with van der Waals surface area (Å²) in [6, 6.07) is 8.44. The Kier molecular flexibility index (Phi) is 6.30. The number of aromatic hydroxyl groups is 1. The van der Waals surface area contributed by atoms with Crippen molar-refractivity contribution in [2.45, 2.75) is 30.0 Å². The van der Waals surface area contributed by atoms with Crippen LogP contribution in [0, 0.1) is 28.6 Å². The van der Waals surface area contributed by atoms with Crippen LogP contribution in [-0.4, -0.2) is 75.2 Å². The molecule has 2 fully saturated rings. The van der Waals surface area contributed by atoms with Gasteiger partial charge in [0.25, 0.3) is 0 Å². The number of likely N-dealkylation sites (N-methyl/N-ethyl adjacent to an activating group) is 1. The number of amides is 1. The molecule has 0 radical (unpaired) electrons. The molecule has 2 unspecified atom stereocenters. The lowest BCUT2D eigenvalue weighted by atomic mass is 9.42. The lowest BCUT2D eigenvalue weighted by Crippen LogP contribution is -2.85. The second-order valence-electron chi connectivity index (χ2n) is 11.2. The lowest BCUT2D eigenvalue weighted by molar-refractivity contribution is -0.166. The highest BCUT2D eigenvalue weighted by atomic mass is 16.3. The van der Waals surface area contributed by atoms with Crippen LogP contribution in [0.4, 0.5) is 0 Å². The number of nitrogens with zero attached hydrogens (tertiary/aromatic N) is 3. The van der Waals surface area contributed by atoms with E-state index >= 15 is 0 Å². The fourth-order valence-corrected chi connectivity index (χ4v) is 7.04. The highest BCUT2D eigenvalue weighted by Crippen LogP contribution is 2.56. The van der Waals surface area contributed by atoms with E-state index in [1.165, 1.54) is 25.1 Å². The Morgan fingerprint density at radius 2 is 1.83 bits per heavy atom. The number of nitriles is 1. The van der Waals surface area contributed by atoms with E-state index < -0.39 is 75.6 Å². The van der Waals surface area contributed by atoms with Crippen LogP contribution in [0.2, 0.25) is 0 Å². The normalized spacial score (nSPS) is 32.8. The molecule has 7 N–H and O–H groups in total. The second-order valence-corrected chi connectivity index (χ2v) is 11.2. The number of hydrogen-bond donors (Lipinski definition) is 4. The van der Waals surface area contributed by atoms with E-state index in [-0.39, 0.29) is 12.0 Å². The topological polar surface area (TPSA) is 224 Å². The number of nitrogens with two attached hydrogens (primary N) is 3. The third-order valence-electron chi connectivity index (χ3n) is 8.63. The first kappa shape index (κ1) is 28.0. The summed E-state index contributed by atoms with van der Waals surface area (Å²) >= 11 is 0. The number of carbonyl (C=O) groups is 5. The minimum atomic E-state index is -2.78. The van der Waals surface area contributed by atoms with Gasteiger partial charge in [0.1, 0.15) is 11.7 Å². The van der Waals surface area contributed by atoms with Crippen molar-refractivity contribution in [2.24, 2.45) is 34.5 Å². The number of benzene rings is 1. The zero-order valence-electron chi connectivity index (χ0n) is 22.3. The number of rotatable bonds is 4. The van der Waals surface area contributed by atoms with E-state index in [2.05, 4.69) is 4.98 Å². The maximum absolute atomic E-state index is 14.3. The molecule has 0 bridgehead atoms. The van der Waals surface area contributed by atoms with Gasteiger partial charge in [-0.15, -0.1) is 0 Å². The zero-order chi connectivity index (χ0) is 30.1. The first-order valence-corrected chi connectivity index (χ1v) is 12.8. The number of phenols is 1. The van der Waals surface area contributed by atoms with Gasteiger partial charge in [-0.1, -0.05) is 18.2 Å². The first-order chi connectivity index (χ1) is 19.2. The quantitative estimate of drug-likeness (QED) is 0.347. The van der Waals surface area contributed by atoms with Crippen LogP contribution in [0.3, 0.4) is 0 Å². The van der Waals surface area contributed by atoms with E-state index in [1.54, 1.807) is 48.7 Å². The summed E-state index contributed by atoms with van der Waals surface area (Å²) in [4.78, 5) is 73.4. The van der Waals surface area contributed by atoms with E-state index in [4.69, 9.17) is 17.2 Å². The van der Waals surface area contributed by atoms with Crippen molar-refractivity contribution >= 4 is 41.2 Å². The monoisotopic (exact) mass is 556 g/mol. The summed E-state index contributed by atoms with van der Waals surface area (Å²) < 4.78 is 0. The molecule has 6 atom stereocenters. The summed E-state index contributed by atoms with van der Waals surface area (Å²) in [5.74, 6) is -10.0. The number of Topliss-reactive ketones (excluding diaryl/α,β-unsaturated/α-hetero) is 4. The van der Waals surface area contributed by atoms with Gasteiger partial charge >= 0.3 is 0 Å². The largest absolute Gasteiger partial charge is 0.507 e. The zero-order valence-corrected chi connectivity index (χ0v) is 22.3. The average molecular weight is 557 g/mol. The van der Waals surface area contributed by atoms with Crippen molar-refractivity contribution in [2.75, 3.05) is 14.1 Å². The summed E-state index contributed by atoms with van der Waals surface area (Å²) in [6.07, 6.45) is 4.38. The molecular weight excluding hydrogens is 528 g/mol. The predicted molar refractivity (Wildman–Crippen MR) is 144 cm³/mol. The first-order valence-electron chi connectivity index (χ1n) is 12.8. The number of carbonyl (C=O) groups excluding carboxylic acids is 5. The average Bonchev–Trinajstić information content (AvgIpc) is 2.87. The molecule has 12 nitrogen and oxygen atoms in total. The smallest absolute Gasteiger partial charge is 0.235 e. The molecule has 0 saturated heterocycles. The van der Waals surface area contributed by atoms with Crippen LogP contribution >= 0.6 is 0 Å². The van der Waals surface area contributed by atoms with Gasteiger partial charge in [-0.05, 0) is 62.3 Å². The molecule has 5 rings (SSSR count). The maximum Gasteiger partial charge on any atom is 0.235 e. The minimum Gasteiger partial charge on any atom is -0.507 e. The Morgan fingerprint density at radius 1 is 1.12 bits per heavy atom. The molecule has 3 aliphatic rings. The molecule has 1 heterocycles. The Labute approximate surface area is 234 Å². The predicted octanol–water partition coefficient (Wildman–Crippen LogP) is -0.626. The van der Waals surface area contributed by atoms with Crippen LogP contribution in [0.1, 0.15) is 33.6 Å². The van der Waals surface area contributed by atoms with Crippen LogP contribution in [0.25, 0.3) is 12.2 Å². The molecule has 1 amide bonds. The standard InChI is InChI=1S/C29H28N6O6/c1-35(2)23-22(38)19(26(31)41)24(39)28(13-30)25(40)20-21(37)18-16(11-27(20,32)12-29(23,28)33)14(7-9-17(18)36)6-8-15-5-3-4-10-34-15/h3-10,19-20,23,36H,11-12,32-33H2,1-2H3,(H2,31,41)/t19?,20?,23-,27-,28+,29-/m1/s1. The number of hydrogen-bond acceptors (Lipinski definition) is 11. The Morgan fingerprint density at radius 3 is 2.41 bits per heavy atom.